The van der Waals surface area contributed by atoms with Crippen molar-refractivity contribution in [1.29, 1.82) is 0 Å². The van der Waals surface area contributed by atoms with Crippen LogP contribution in [-0.2, 0) is 0 Å². The van der Waals surface area contributed by atoms with Crippen LogP contribution in [0.15, 0.2) is 16.9 Å². The van der Waals surface area contributed by atoms with Gasteiger partial charge in [-0.15, -0.1) is 0 Å². The van der Waals surface area contributed by atoms with Gasteiger partial charge in [0, 0.05) is 12.2 Å². The number of pyridine rings is 1. The van der Waals surface area contributed by atoms with Crippen LogP contribution in [0.5, 0.6) is 5.75 Å². The van der Waals surface area contributed by atoms with Crippen LogP contribution in [0.4, 0.5) is 5.69 Å². The summed E-state index contributed by atoms with van der Waals surface area (Å²) >= 11 is 3.23. The average Bonchev–Trinajstić information content (AvgIpc) is 2.41. The fourth-order valence-corrected chi connectivity index (χ4v) is 2.60. The van der Waals surface area contributed by atoms with E-state index in [1.165, 1.54) is 25.2 Å². The topological polar surface area (TPSA) is 77.3 Å². The first-order valence-electron chi connectivity index (χ1n) is 6.32. The third-order valence-corrected chi connectivity index (χ3v) is 3.72. The molecule has 1 aliphatic heterocycles. The SMILES string of the molecule is O=[N+]([O-])c1cncc(Br)c1OCCC1CCCCN1. The largest absolute Gasteiger partial charge is 0.486 e. The molecule has 1 N–H and O–H groups in total. The van der Waals surface area contributed by atoms with E-state index >= 15 is 0 Å². The van der Waals surface area contributed by atoms with Gasteiger partial charge in [-0.2, -0.15) is 0 Å². The zero-order chi connectivity index (χ0) is 13.7. The van der Waals surface area contributed by atoms with Gasteiger partial charge in [0.15, 0.2) is 0 Å². The second-order valence-corrected chi connectivity index (χ2v) is 5.36. The van der Waals surface area contributed by atoms with Gasteiger partial charge in [0.05, 0.1) is 16.0 Å². The third kappa shape index (κ3) is 3.87. The van der Waals surface area contributed by atoms with Crippen LogP contribution in [0.1, 0.15) is 25.7 Å². The molecular weight excluding hydrogens is 314 g/mol. The highest BCUT2D eigenvalue weighted by Gasteiger charge is 2.19. The van der Waals surface area contributed by atoms with Crippen molar-refractivity contribution in [3.8, 4) is 5.75 Å². The number of nitro groups is 1. The van der Waals surface area contributed by atoms with Gasteiger partial charge in [0.25, 0.3) is 0 Å². The molecule has 0 amide bonds. The van der Waals surface area contributed by atoms with E-state index in [0.29, 0.717) is 17.1 Å². The number of ether oxygens (including phenoxy) is 1. The molecule has 1 aromatic rings. The highest BCUT2D eigenvalue weighted by molar-refractivity contribution is 9.10. The Labute approximate surface area is 119 Å². The third-order valence-electron chi connectivity index (χ3n) is 3.16. The molecule has 0 radical (unpaired) electrons. The summed E-state index contributed by atoms with van der Waals surface area (Å²) in [4.78, 5) is 14.2. The summed E-state index contributed by atoms with van der Waals surface area (Å²) in [7, 11) is 0. The van der Waals surface area contributed by atoms with Crippen molar-refractivity contribution in [2.45, 2.75) is 31.7 Å². The summed E-state index contributed by atoms with van der Waals surface area (Å²) in [5, 5.41) is 14.3. The number of nitrogens with zero attached hydrogens (tertiary/aromatic N) is 2. The molecule has 1 unspecified atom stereocenters. The van der Waals surface area contributed by atoms with Crippen molar-refractivity contribution in [1.82, 2.24) is 10.3 Å². The molecule has 2 heterocycles. The molecule has 1 atom stereocenters. The predicted molar refractivity (Wildman–Crippen MR) is 74.3 cm³/mol. The molecular formula is C12H16BrN3O3. The van der Waals surface area contributed by atoms with E-state index in [1.54, 1.807) is 0 Å². The van der Waals surface area contributed by atoms with E-state index in [2.05, 4.69) is 26.2 Å². The van der Waals surface area contributed by atoms with Crippen molar-refractivity contribution in [2.75, 3.05) is 13.2 Å². The van der Waals surface area contributed by atoms with Crippen LogP contribution in [-0.4, -0.2) is 29.1 Å². The normalized spacial score (nSPS) is 19.1. The number of rotatable bonds is 5. The Morgan fingerprint density at radius 2 is 2.37 bits per heavy atom. The van der Waals surface area contributed by atoms with Crippen LogP contribution in [0.3, 0.4) is 0 Å². The van der Waals surface area contributed by atoms with Gasteiger partial charge in [0.1, 0.15) is 6.20 Å². The number of piperidine rings is 1. The van der Waals surface area contributed by atoms with E-state index in [0.717, 1.165) is 19.4 Å². The smallest absolute Gasteiger partial charge is 0.330 e. The summed E-state index contributed by atoms with van der Waals surface area (Å²) < 4.78 is 6.08. The van der Waals surface area contributed by atoms with Crippen molar-refractivity contribution in [3.05, 3.63) is 27.0 Å². The number of hydrogen-bond acceptors (Lipinski definition) is 5. The maximum Gasteiger partial charge on any atom is 0.330 e. The second kappa shape index (κ2) is 6.81. The lowest BCUT2D eigenvalue weighted by Crippen LogP contribution is -2.35. The van der Waals surface area contributed by atoms with Crippen molar-refractivity contribution in [3.63, 3.8) is 0 Å². The Kier molecular flexibility index (Phi) is 5.09. The fraction of sp³-hybridized carbons (Fsp3) is 0.583. The minimum absolute atomic E-state index is 0.106. The van der Waals surface area contributed by atoms with Crippen molar-refractivity contribution >= 4 is 21.6 Å². The molecule has 1 aliphatic rings. The number of hydrogen-bond donors (Lipinski definition) is 1. The number of nitrogens with one attached hydrogen (secondary N) is 1. The first-order chi connectivity index (χ1) is 9.18. The van der Waals surface area contributed by atoms with Crippen LogP contribution >= 0.6 is 15.9 Å². The molecule has 0 bridgehead atoms. The minimum Gasteiger partial charge on any atom is -0.486 e. The van der Waals surface area contributed by atoms with Gasteiger partial charge >= 0.3 is 5.69 Å². The highest BCUT2D eigenvalue weighted by atomic mass is 79.9. The van der Waals surface area contributed by atoms with E-state index in [4.69, 9.17) is 4.74 Å². The van der Waals surface area contributed by atoms with Crippen LogP contribution in [0, 0.1) is 10.1 Å². The highest BCUT2D eigenvalue weighted by Crippen LogP contribution is 2.33. The summed E-state index contributed by atoms with van der Waals surface area (Å²) in [6.07, 6.45) is 7.16. The van der Waals surface area contributed by atoms with Crippen molar-refractivity contribution < 1.29 is 9.66 Å². The Morgan fingerprint density at radius 1 is 1.53 bits per heavy atom. The molecule has 2 rings (SSSR count). The van der Waals surface area contributed by atoms with E-state index < -0.39 is 4.92 Å². The van der Waals surface area contributed by atoms with Crippen LogP contribution in [0.25, 0.3) is 0 Å². The van der Waals surface area contributed by atoms with E-state index in [-0.39, 0.29) is 11.4 Å². The molecule has 0 aliphatic carbocycles. The summed E-state index contributed by atoms with van der Waals surface area (Å²) in [6, 6.07) is 0.452. The molecule has 1 fully saturated rings. The summed E-state index contributed by atoms with van der Waals surface area (Å²) in [5.74, 6) is 0.260. The van der Waals surface area contributed by atoms with Crippen LogP contribution < -0.4 is 10.1 Å². The minimum atomic E-state index is -0.480. The Hall–Kier alpha value is -1.21. The molecule has 0 spiro atoms. The predicted octanol–water partition coefficient (Wildman–Crippen LogP) is 2.66. The van der Waals surface area contributed by atoms with Crippen LogP contribution in [0.2, 0.25) is 0 Å². The molecule has 104 valence electrons. The first kappa shape index (κ1) is 14.2. The maximum absolute atomic E-state index is 10.9. The van der Waals surface area contributed by atoms with E-state index in [9.17, 15) is 10.1 Å². The van der Waals surface area contributed by atoms with Gasteiger partial charge in [-0.25, -0.2) is 0 Å². The summed E-state index contributed by atoms with van der Waals surface area (Å²) in [5.41, 5.74) is -0.106. The molecule has 7 heteroatoms. The maximum atomic E-state index is 10.9. The van der Waals surface area contributed by atoms with Gasteiger partial charge in [-0.05, 0) is 41.7 Å². The van der Waals surface area contributed by atoms with Gasteiger partial charge in [-0.1, -0.05) is 6.42 Å². The lowest BCUT2D eigenvalue weighted by Gasteiger charge is -2.23. The molecule has 1 aromatic heterocycles. The first-order valence-corrected chi connectivity index (χ1v) is 7.12. The van der Waals surface area contributed by atoms with Gasteiger partial charge < -0.3 is 10.1 Å². The summed E-state index contributed by atoms with van der Waals surface area (Å²) in [6.45, 7) is 1.50. The Bertz CT molecular complexity index is 450. The average molecular weight is 330 g/mol. The number of aromatic nitrogens is 1. The fourth-order valence-electron chi connectivity index (χ4n) is 2.16. The zero-order valence-corrected chi connectivity index (χ0v) is 12.1. The Balaban J connectivity index is 1.93. The number of halogens is 1. The quantitative estimate of drug-likeness (QED) is 0.663. The lowest BCUT2D eigenvalue weighted by atomic mass is 10.0. The molecule has 1 saturated heterocycles. The standard InChI is InChI=1S/C12H16BrN3O3/c13-10-7-14-8-11(16(17)18)12(10)19-6-4-9-3-1-2-5-15-9/h7-9,15H,1-6H2. The van der Waals surface area contributed by atoms with Crippen molar-refractivity contribution in [2.24, 2.45) is 0 Å². The zero-order valence-electron chi connectivity index (χ0n) is 10.5. The molecule has 0 saturated carbocycles. The molecule has 0 aromatic carbocycles. The molecule has 19 heavy (non-hydrogen) atoms. The molecule has 6 nitrogen and oxygen atoms in total. The lowest BCUT2D eigenvalue weighted by molar-refractivity contribution is -0.386. The van der Waals surface area contributed by atoms with Gasteiger partial charge in [0.2, 0.25) is 5.75 Å². The van der Waals surface area contributed by atoms with E-state index in [1.807, 2.05) is 0 Å². The second-order valence-electron chi connectivity index (χ2n) is 4.51. The van der Waals surface area contributed by atoms with Gasteiger partial charge in [-0.3, -0.25) is 15.1 Å². The monoisotopic (exact) mass is 329 g/mol. The Morgan fingerprint density at radius 3 is 3.05 bits per heavy atom.